The van der Waals surface area contributed by atoms with Crippen LogP contribution in [0, 0.1) is 0 Å². The third kappa shape index (κ3) is 2.37. The van der Waals surface area contributed by atoms with E-state index in [0.29, 0.717) is 0 Å². The van der Waals surface area contributed by atoms with Gasteiger partial charge in [-0.2, -0.15) is 12.7 Å². The molecule has 4 nitrogen and oxygen atoms in total. The minimum Gasteiger partial charge on any atom is -0.255 e. The molecule has 4 rings (SSSR count). The molecule has 118 valence electrons. The summed E-state index contributed by atoms with van der Waals surface area (Å²) in [5, 5.41) is 0. The number of nitrogens with zero attached hydrogens (tertiary/aromatic N) is 1. The van der Waals surface area contributed by atoms with Gasteiger partial charge < -0.3 is 0 Å². The Balaban J connectivity index is 1.70. The van der Waals surface area contributed by atoms with Gasteiger partial charge in [0, 0.05) is 4.47 Å². The van der Waals surface area contributed by atoms with Gasteiger partial charge in [-0.15, -0.1) is 0 Å². The van der Waals surface area contributed by atoms with E-state index in [1.165, 1.54) is 4.31 Å². The first kappa shape index (κ1) is 15.1. The van der Waals surface area contributed by atoms with Crippen LogP contribution in [0.25, 0.3) is 6.08 Å². The molecule has 0 N–H and O–H groups in total. The van der Waals surface area contributed by atoms with Crippen molar-refractivity contribution in [3.8, 4) is 0 Å². The van der Waals surface area contributed by atoms with Crippen LogP contribution in [0.5, 0.6) is 0 Å². The summed E-state index contributed by atoms with van der Waals surface area (Å²) in [5.74, 6) is 0. The maximum atomic E-state index is 12.1. The molecular formula is C17H14BrNO3S. The molecule has 0 radical (unpaired) electrons. The van der Waals surface area contributed by atoms with Crippen molar-refractivity contribution in [2.24, 2.45) is 0 Å². The fourth-order valence-corrected chi connectivity index (χ4v) is 5.01. The maximum absolute atomic E-state index is 12.1. The quantitative estimate of drug-likeness (QED) is 0.753. The van der Waals surface area contributed by atoms with E-state index in [1.807, 2.05) is 66.7 Å². The van der Waals surface area contributed by atoms with Gasteiger partial charge in [-0.05, 0) is 23.3 Å². The lowest BCUT2D eigenvalue weighted by atomic mass is 9.95. The largest absolute Gasteiger partial charge is 0.340 e. The second kappa shape index (κ2) is 5.27. The Morgan fingerprint density at radius 2 is 1.83 bits per heavy atom. The zero-order valence-corrected chi connectivity index (χ0v) is 14.5. The van der Waals surface area contributed by atoms with Crippen LogP contribution in [0.3, 0.4) is 0 Å². The van der Waals surface area contributed by atoms with Gasteiger partial charge >= 0.3 is 10.3 Å². The van der Waals surface area contributed by atoms with Crippen LogP contribution in [0.4, 0.5) is 0 Å². The Bertz CT molecular complexity index is 864. The third-order valence-corrected chi connectivity index (χ3v) is 6.33. The van der Waals surface area contributed by atoms with E-state index in [-0.39, 0.29) is 12.6 Å². The van der Waals surface area contributed by atoms with Crippen LogP contribution in [0.15, 0.2) is 65.1 Å². The molecule has 2 aromatic rings. The van der Waals surface area contributed by atoms with Crippen molar-refractivity contribution >= 4 is 32.3 Å². The van der Waals surface area contributed by atoms with Gasteiger partial charge in [-0.3, -0.25) is 4.18 Å². The summed E-state index contributed by atoms with van der Waals surface area (Å²) in [6.45, 7) is 0.154. The van der Waals surface area contributed by atoms with Crippen LogP contribution in [0.2, 0.25) is 0 Å². The van der Waals surface area contributed by atoms with E-state index in [4.69, 9.17) is 4.18 Å². The van der Waals surface area contributed by atoms with Crippen LogP contribution in [0.1, 0.15) is 11.1 Å². The predicted molar refractivity (Wildman–Crippen MR) is 91.8 cm³/mol. The number of hydrogen-bond donors (Lipinski definition) is 0. The highest BCUT2D eigenvalue weighted by atomic mass is 79.9. The molecule has 0 saturated carbocycles. The highest BCUT2D eigenvalue weighted by Gasteiger charge is 2.73. The molecule has 2 aromatic carbocycles. The van der Waals surface area contributed by atoms with Gasteiger partial charge in [-0.25, -0.2) is 0 Å². The van der Waals surface area contributed by atoms with E-state index in [9.17, 15) is 8.42 Å². The average molecular weight is 392 g/mol. The first-order valence-electron chi connectivity index (χ1n) is 7.22. The molecular weight excluding hydrogens is 378 g/mol. The number of hydrogen-bond acceptors (Lipinski definition) is 3. The van der Waals surface area contributed by atoms with Crippen molar-refractivity contribution < 1.29 is 12.6 Å². The van der Waals surface area contributed by atoms with Crippen LogP contribution in [-0.2, 0) is 20.0 Å². The molecule has 2 aliphatic rings. The number of rotatable bonds is 3. The fourth-order valence-electron chi connectivity index (χ4n) is 3.16. The Labute approximate surface area is 143 Å². The number of fused-ring (bicyclic) bond motifs is 1. The van der Waals surface area contributed by atoms with E-state index in [2.05, 4.69) is 15.9 Å². The molecule has 0 amide bonds. The summed E-state index contributed by atoms with van der Waals surface area (Å²) in [4.78, 5) is 0. The minimum absolute atomic E-state index is 0.154. The lowest BCUT2D eigenvalue weighted by Gasteiger charge is -2.09. The Hall–Kier alpha value is -1.47. The molecule has 2 aliphatic heterocycles. The molecule has 0 bridgehead atoms. The average Bonchev–Trinajstić information content (AvgIpc) is 3.14. The molecule has 3 atom stereocenters. The monoisotopic (exact) mass is 391 g/mol. The van der Waals surface area contributed by atoms with Crippen molar-refractivity contribution in [3.63, 3.8) is 0 Å². The summed E-state index contributed by atoms with van der Waals surface area (Å²) in [6, 6.07) is 17.4. The van der Waals surface area contributed by atoms with Crippen LogP contribution >= 0.6 is 15.9 Å². The normalized spacial score (nSPS) is 31.2. The third-order valence-electron chi connectivity index (χ3n) is 4.35. The Morgan fingerprint density at radius 1 is 1.13 bits per heavy atom. The SMILES string of the molecule is O=S1(=O)OC[C@]2(c3ccc(Br)cc3)[C@@H](/C=C/c3ccccc3)N21. The summed E-state index contributed by atoms with van der Waals surface area (Å²) in [5.41, 5.74) is 1.39. The highest BCUT2D eigenvalue weighted by molar-refractivity contribution is 9.10. The standard InChI is InChI=1S/C17H14BrNO3S/c18-15-9-7-14(8-10-15)17-12-22-23(20,21)19(17)16(17)11-6-13-4-2-1-3-5-13/h1-11,16H,12H2/b11-6+/t16-,17+,19?/m1/s1. The van der Waals surface area contributed by atoms with Crippen LogP contribution in [-0.4, -0.2) is 25.4 Å². The van der Waals surface area contributed by atoms with Crippen molar-refractivity contribution in [3.05, 3.63) is 76.3 Å². The highest BCUT2D eigenvalue weighted by Crippen LogP contribution is 2.57. The molecule has 1 unspecified atom stereocenters. The fraction of sp³-hybridized carbons (Fsp3) is 0.176. The Morgan fingerprint density at radius 3 is 2.52 bits per heavy atom. The lowest BCUT2D eigenvalue weighted by Crippen LogP contribution is -2.17. The first-order valence-corrected chi connectivity index (χ1v) is 9.38. The molecule has 2 heterocycles. The smallest absolute Gasteiger partial charge is 0.255 e. The number of benzene rings is 2. The number of halogens is 1. The molecule has 2 fully saturated rings. The van der Waals surface area contributed by atoms with Gasteiger partial charge in [0.05, 0.1) is 12.6 Å². The summed E-state index contributed by atoms with van der Waals surface area (Å²) in [6.07, 6.45) is 3.90. The van der Waals surface area contributed by atoms with E-state index < -0.39 is 15.8 Å². The van der Waals surface area contributed by atoms with E-state index in [0.717, 1.165) is 15.6 Å². The second-order valence-electron chi connectivity index (χ2n) is 5.66. The molecule has 0 spiro atoms. The van der Waals surface area contributed by atoms with Crippen LogP contribution < -0.4 is 0 Å². The molecule has 2 saturated heterocycles. The van der Waals surface area contributed by atoms with Crippen molar-refractivity contribution in [1.29, 1.82) is 0 Å². The van der Waals surface area contributed by atoms with Gasteiger partial charge in [0.1, 0.15) is 5.54 Å². The topological polar surface area (TPSA) is 46.4 Å². The zero-order valence-electron chi connectivity index (χ0n) is 12.1. The summed E-state index contributed by atoms with van der Waals surface area (Å²) >= 11 is 3.41. The van der Waals surface area contributed by atoms with Crippen molar-refractivity contribution in [1.82, 2.24) is 4.31 Å². The molecule has 23 heavy (non-hydrogen) atoms. The molecule has 6 heteroatoms. The minimum atomic E-state index is -3.65. The predicted octanol–water partition coefficient (Wildman–Crippen LogP) is 3.32. The first-order chi connectivity index (χ1) is 11.0. The molecule has 0 aliphatic carbocycles. The van der Waals surface area contributed by atoms with Gasteiger partial charge in [0.25, 0.3) is 0 Å². The second-order valence-corrected chi connectivity index (χ2v) is 8.06. The van der Waals surface area contributed by atoms with Crippen molar-refractivity contribution in [2.45, 2.75) is 11.6 Å². The zero-order chi connectivity index (χ0) is 16.1. The Kier molecular flexibility index (Phi) is 3.46. The van der Waals surface area contributed by atoms with Gasteiger partial charge in [0.15, 0.2) is 0 Å². The maximum Gasteiger partial charge on any atom is 0.340 e. The van der Waals surface area contributed by atoms with E-state index in [1.54, 1.807) is 0 Å². The lowest BCUT2D eigenvalue weighted by molar-refractivity contribution is 0.309. The summed E-state index contributed by atoms with van der Waals surface area (Å²) < 4.78 is 31.7. The van der Waals surface area contributed by atoms with Gasteiger partial charge in [-0.1, -0.05) is 70.5 Å². The molecule has 0 aromatic heterocycles. The van der Waals surface area contributed by atoms with Gasteiger partial charge in [0.2, 0.25) is 0 Å². The van der Waals surface area contributed by atoms with E-state index >= 15 is 0 Å². The summed E-state index contributed by atoms with van der Waals surface area (Å²) in [7, 11) is -3.65. The van der Waals surface area contributed by atoms with Crippen molar-refractivity contribution in [2.75, 3.05) is 6.61 Å².